The highest BCUT2D eigenvalue weighted by Gasteiger charge is 2.18. The average molecular weight is 468 g/mol. The lowest BCUT2D eigenvalue weighted by Gasteiger charge is -2.11. The number of hydrogen-bond donors (Lipinski definition) is 2. The number of nitrogens with one attached hydrogen (secondary N) is 2. The normalized spacial score (nSPS) is 14.3. The number of nitrogens with zero attached hydrogens (tertiary/aromatic N) is 5. The van der Waals surface area contributed by atoms with Crippen molar-refractivity contribution < 1.29 is 13.2 Å². The zero-order valence-corrected chi connectivity index (χ0v) is 19.0. The van der Waals surface area contributed by atoms with Crippen molar-refractivity contribution in [2.45, 2.75) is 44.0 Å². The molecule has 0 fully saturated rings. The Morgan fingerprint density at radius 2 is 1.94 bits per heavy atom. The number of anilines is 1. The van der Waals surface area contributed by atoms with E-state index in [4.69, 9.17) is 0 Å². The van der Waals surface area contributed by atoms with E-state index in [2.05, 4.69) is 30.4 Å². The Morgan fingerprint density at radius 3 is 2.79 bits per heavy atom. The number of aromatic nitrogens is 4. The van der Waals surface area contributed by atoms with Crippen molar-refractivity contribution in [3.8, 4) is 11.4 Å². The molecule has 172 valence electrons. The minimum atomic E-state index is -3.80. The van der Waals surface area contributed by atoms with Crippen LogP contribution in [0.4, 0.5) is 5.69 Å². The van der Waals surface area contributed by atoms with Crippen LogP contribution < -0.4 is 10.0 Å². The molecule has 0 saturated heterocycles. The van der Waals surface area contributed by atoms with Crippen molar-refractivity contribution in [3.63, 3.8) is 0 Å². The van der Waals surface area contributed by atoms with Gasteiger partial charge in [0.25, 0.3) is 10.0 Å². The standard InChI is InChI=1S/C22H25N7O3S/c1-16-8-4-5-11-19(16)22-25-28-29(26-22)15-21(30)24-17-9-7-10-18(14-17)33(31,32)27-20-12-3-2-6-13-23-20/h4-5,7-11,14H,2-3,6,12-13,15H2,1H3,(H,23,27)(H,24,30). The Kier molecular flexibility index (Phi) is 6.78. The van der Waals surface area contributed by atoms with Crippen LogP contribution in [0.25, 0.3) is 11.4 Å². The number of hydrogen-bond acceptors (Lipinski definition) is 7. The predicted molar refractivity (Wildman–Crippen MR) is 124 cm³/mol. The summed E-state index contributed by atoms with van der Waals surface area (Å²) in [4.78, 5) is 18.0. The fourth-order valence-electron chi connectivity index (χ4n) is 3.48. The first-order valence-electron chi connectivity index (χ1n) is 10.7. The summed E-state index contributed by atoms with van der Waals surface area (Å²) in [6.45, 7) is 2.40. The van der Waals surface area contributed by atoms with Crippen LogP contribution in [0, 0.1) is 6.92 Å². The molecule has 1 aliphatic heterocycles. The molecule has 2 N–H and O–H groups in total. The van der Waals surface area contributed by atoms with Crippen LogP contribution >= 0.6 is 0 Å². The van der Waals surface area contributed by atoms with Crippen molar-refractivity contribution in [1.82, 2.24) is 24.9 Å². The van der Waals surface area contributed by atoms with Crippen molar-refractivity contribution in [2.24, 2.45) is 4.99 Å². The second kappa shape index (κ2) is 9.90. The molecule has 0 spiro atoms. The van der Waals surface area contributed by atoms with E-state index in [0.717, 1.165) is 30.4 Å². The Balaban J connectivity index is 1.41. The first-order valence-corrected chi connectivity index (χ1v) is 12.2. The van der Waals surface area contributed by atoms with E-state index < -0.39 is 15.9 Å². The fourth-order valence-corrected chi connectivity index (χ4v) is 4.62. The third-order valence-electron chi connectivity index (χ3n) is 5.18. The average Bonchev–Trinajstić information content (AvgIpc) is 3.09. The van der Waals surface area contributed by atoms with Gasteiger partial charge in [-0.05, 0) is 48.7 Å². The molecule has 0 saturated carbocycles. The summed E-state index contributed by atoms with van der Waals surface area (Å²) in [5.41, 5.74) is 2.20. The van der Waals surface area contributed by atoms with Gasteiger partial charge in [0.05, 0.1) is 4.90 Å². The molecule has 11 heteroatoms. The third-order valence-corrected chi connectivity index (χ3v) is 6.56. The number of rotatable bonds is 6. The van der Waals surface area contributed by atoms with Crippen LogP contribution in [-0.2, 0) is 21.4 Å². The number of aryl methyl sites for hydroxylation is 1. The van der Waals surface area contributed by atoms with E-state index in [-0.39, 0.29) is 11.4 Å². The highest BCUT2D eigenvalue weighted by molar-refractivity contribution is 7.90. The van der Waals surface area contributed by atoms with Crippen molar-refractivity contribution in [1.29, 1.82) is 0 Å². The number of amides is 1. The summed E-state index contributed by atoms with van der Waals surface area (Å²) in [5, 5.41) is 14.9. The van der Waals surface area contributed by atoms with Crippen molar-refractivity contribution >= 4 is 27.5 Å². The highest BCUT2D eigenvalue weighted by Crippen LogP contribution is 2.19. The minimum absolute atomic E-state index is 0.0490. The van der Waals surface area contributed by atoms with Crippen LogP contribution in [0.15, 0.2) is 58.4 Å². The Hall–Kier alpha value is -3.60. The van der Waals surface area contributed by atoms with Gasteiger partial charge < -0.3 is 5.32 Å². The third kappa shape index (κ3) is 5.80. The van der Waals surface area contributed by atoms with Gasteiger partial charge in [-0.25, -0.2) is 8.42 Å². The van der Waals surface area contributed by atoms with Gasteiger partial charge in [0.2, 0.25) is 11.7 Å². The van der Waals surface area contributed by atoms with Crippen LogP contribution in [0.2, 0.25) is 0 Å². The second-order valence-corrected chi connectivity index (χ2v) is 9.46. The molecule has 1 aromatic heterocycles. The first-order chi connectivity index (χ1) is 15.9. The maximum absolute atomic E-state index is 12.8. The summed E-state index contributed by atoms with van der Waals surface area (Å²) >= 11 is 0. The molecule has 2 heterocycles. The molecule has 0 atom stereocenters. The van der Waals surface area contributed by atoms with Crippen LogP contribution in [0.3, 0.4) is 0 Å². The maximum atomic E-state index is 12.8. The zero-order valence-electron chi connectivity index (χ0n) is 18.2. The fraction of sp³-hybridized carbons (Fsp3) is 0.318. The molecule has 0 unspecified atom stereocenters. The lowest BCUT2D eigenvalue weighted by molar-refractivity contribution is -0.117. The topological polar surface area (TPSA) is 131 Å². The summed E-state index contributed by atoms with van der Waals surface area (Å²) in [6, 6.07) is 13.7. The minimum Gasteiger partial charge on any atom is -0.324 e. The lowest BCUT2D eigenvalue weighted by atomic mass is 10.1. The summed E-state index contributed by atoms with van der Waals surface area (Å²) < 4.78 is 28.1. The molecular formula is C22H25N7O3S. The van der Waals surface area contributed by atoms with E-state index in [1.165, 1.54) is 16.9 Å². The number of tetrazole rings is 1. The number of benzene rings is 2. The van der Waals surface area contributed by atoms with E-state index in [9.17, 15) is 13.2 Å². The lowest BCUT2D eigenvalue weighted by Crippen LogP contribution is -2.30. The Morgan fingerprint density at radius 1 is 1.09 bits per heavy atom. The monoisotopic (exact) mass is 467 g/mol. The van der Waals surface area contributed by atoms with Crippen molar-refractivity contribution in [3.05, 3.63) is 54.1 Å². The first kappa shape index (κ1) is 22.6. The van der Waals surface area contributed by atoms with Crippen molar-refractivity contribution in [2.75, 3.05) is 11.9 Å². The van der Waals surface area contributed by atoms with E-state index in [1.807, 2.05) is 31.2 Å². The molecule has 33 heavy (non-hydrogen) atoms. The molecule has 0 aliphatic carbocycles. The largest absolute Gasteiger partial charge is 0.324 e. The van der Waals surface area contributed by atoms with Crippen LogP contribution in [0.5, 0.6) is 0 Å². The molecule has 1 amide bonds. The highest BCUT2D eigenvalue weighted by atomic mass is 32.2. The van der Waals surface area contributed by atoms with Crippen LogP contribution in [-0.4, -0.2) is 46.9 Å². The molecule has 10 nitrogen and oxygen atoms in total. The predicted octanol–water partition coefficient (Wildman–Crippen LogP) is 2.54. The quantitative estimate of drug-likeness (QED) is 0.573. The van der Waals surface area contributed by atoms with E-state index in [0.29, 0.717) is 30.3 Å². The molecule has 0 radical (unpaired) electrons. The van der Waals surface area contributed by atoms with Gasteiger partial charge in [-0.1, -0.05) is 36.8 Å². The second-order valence-electron chi connectivity index (χ2n) is 7.78. The summed E-state index contributed by atoms with van der Waals surface area (Å²) in [7, 11) is -3.80. The number of aliphatic imine (C=N–C) groups is 1. The van der Waals surface area contributed by atoms with E-state index >= 15 is 0 Å². The molecule has 2 aromatic carbocycles. The van der Waals surface area contributed by atoms with Gasteiger partial charge in [-0.2, -0.15) is 4.80 Å². The molecule has 1 aliphatic rings. The summed E-state index contributed by atoms with van der Waals surface area (Å²) in [5.74, 6) is 0.504. The number of amidine groups is 1. The summed E-state index contributed by atoms with van der Waals surface area (Å²) in [6.07, 6.45) is 3.49. The number of carbonyl (C=O) groups excluding carboxylic acids is 1. The number of carbonyl (C=O) groups is 1. The van der Waals surface area contributed by atoms with Gasteiger partial charge >= 0.3 is 0 Å². The Bertz CT molecular complexity index is 1280. The van der Waals surface area contributed by atoms with Crippen LogP contribution in [0.1, 0.15) is 31.2 Å². The maximum Gasteiger partial charge on any atom is 0.262 e. The SMILES string of the molecule is Cc1ccccc1-c1nnn(CC(=O)Nc2cccc(S(=O)(=O)NC3=NCCCCC3)c2)n1. The van der Waals surface area contributed by atoms with Gasteiger partial charge in [0.15, 0.2) is 0 Å². The molecule has 4 rings (SSSR count). The molecule has 3 aromatic rings. The molecule has 0 bridgehead atoms. The number of sulfonamides is 1. The Labute approximate surface area is 192 Å². The van der Waals surface area contributed by atoms with Gasteiger partial charge in [0.1, 0.15) is 12.4 Å². The van der Waals surface area contributed by atoms with Gasteiger partial charge in [-0.3, -0.25) is 14.5 Å². The molecular weight excluding hydrogens is 442 g/mol. The van der Waals surface area contributed by atoms with Gasteiger partial charge in [0, 0.05) is 24.2 Å². The van der Waals surface area contributed by atoms with Gasteiger partial charge in [-0.15, -0.1) is 10.2 Å². The smallest absolute Gasteiger partial charge is 0.262 e. The zero-order chi connectivity index (χ0) is 23.3. The van der Waals surface area contributed by atoms with E-state index in [1.54, 1.807) is 12.1 Å².